The van der Waals surface area contributed by atoms with E-state index in [-0.39, 0.29) is 5.54 Å². The van der Waals surface area contributed by atoms with Crippen LogP contribution in [0.1, 0.15) is 24.8 Å². The van der Waals surface area contributed by atoms with Crippen molar-refractivity contribution in [1.29, 1.82) is 0 Å². The van der Waals surface area contributed by atoms with E-state index in [9.17, 15) is 0 Å². The minimum atomic E-state index is -0.136. The second kappa shape index (κ2) is 3.46. The number of aromatic nitrogens is 2. The van der Waals surface area contributed by atoms with E-state index in [1.54, 1.807) is 6.20 Å². The van der Waals surface area contributed by atoms with Crippen LogP contribution in [-0.4, -0.2) is 9.78 Å². The van der Waals surface area contributed by atoms with Gasteiger partial charge in [-0.25, -0.2) is 4.68 Å². The lowest BCUT2D eigenvalue weighted by Crippen LogP contribution is -2.44. The smallest absolute Gasteiger partial charge is 0.0696 e. The molecule has 1 aliphatic rings. The van der Waals surface area contributed by atoms with E-state index >= 15 is 0 Å². The number of para-hydroxylation sites is 1. The molecule has 0 aliphatic heterocycles. The Labute approximate surface area is 94.9 Å². The van der Waals surface area contributed by atoms with Crippen molar-refractivity contribution in [1.82, 2.24) is 9.78 Å². The van der Waals surface area contributed by atoms with Gasteiger partial charge in [-0.2, -0.15) is 5.10 Å². The highest BCUT2D eigenvalue weighted by Gasteiger charge is 2.36. The third kappa shape index (κ3) is 1.36. The predicted octanol–water partition coefficient (Wildman–Crippen LogP) is 2.21. The number of rotatable bonds is 2. The summed E-state index contributed by atoms with van der Waals surface area (Å²) in [7, 11) is 0. The summed E-state index contributed by atoms with van der Waals surface area (Å²) in [6, 6.07) is 10.2. The number of hydrogen-bond donors (Lipinski definition) is 1. The quantitative estimate of drug-likeness (QED) is 0.831. The van der Waals surface area contributed by atoms with Crippen LogP contribution in [0.2, 0.25) is 0 Å². The van der Waals surface area contributed by atoms with Crippen LogP contribution in [0.3, 0.4) is 0 Å². The van der Waals surface area contributed by atoms with Gasteiger partial charge in [0.25, 0.3) is 0 Å². The first kappa shape index (κ1) is 9.60. The summed E-state index contributed by atoms with van der Waals surface area (Å²) in [5, 5.41) is 4.28. The van der Waals surface area contributed by atoms with Gasteiger partial charge >= 0.3 is 0 Å². The predicted molar refractivity (Wildman–Crippen MR) is 63.3 cm³/mol. The molecule has 1 aromatic carbocycles. The molecular weight excluding hydrogens is 198 g/mol. The fourth-order valence-electron chi connectivity index (χ4n) is 2.33. The van der Waals surface area contributed by atoms with Crippen LogP contribution in [0.5, 0.6) is 0 Å². The normalized spacial score (nSPS) is 18.1. The summed E-state index contributed by atoms with van der Waals surface area (Å²) >= 11 is 0. The van der Waals surface area contributed by atoms with Crippen molar-refractivity contribution < 1.29 is 0 Å². The highest BCUT2D eigenvalue weighted by atomic mass is 15.3. The summed E-state index contributed by atoms with van der Waals surface area (Å²) < 4.78 is 1.89. The molecule has 0 amide bonds. The lowest BCUT2D eigenvalue weighted by Gasteiger charge is -2.39. The van der Waals surface area contributed by atoms with Gasteiger partial charge in [0.2, 0.25) is 0 Å². The van der Waals surface area contributed by atoms with Gasteiger partial charge in [-0.15, -0.1) is 0 Å². The molecule has 3 nitrogen and oxygen atoms in total. The Kier molecular flexibility index (Phi) is 2.07. The van der Waals surface area contributed by atoms with Gasteiger partial charge in [-0.3, -0.25) is 0 Å². The summed E-state index contributed by atoms with van der Waals surface area (Å²) in [4.78, 5) is 0. The standard InChI is InChI=1S/C13H15N3/c14-13(7-3-8-13)11-5-1-2-6-12(11)16-10-4-9-15-16/h1-2,4-6,9-10H,3,7-8,14H2. The van der Waals surface area contributed by atoms with Crippen LogP contribution in [0.15, 0.2) is 42.7 Å². The molecule has 1 aliphatic carbocycles. The molecule has 0 atom stereocenters. The van der Waals surface area contributed by atoms with Crippen LogP contribution >= 0.6 is 0 Å². The van der Waals surface area contributed by atoms with E-state index in [0.29, 0.717) is 0 Å². The highest BCUT2D eigenvalue weighted by Crippen LogP contribution is 2.40. The van der Waals surface area contributed by atoms with E-state index in [1.165, 1.54) is 12.0 Å². The van der Waals surface area contributed by atoms with Crippen molar-refractivity contribution in [2.75, 3.05) is 0 Å². The van der Waals surface area contributed by atoms with E-state index in [2.05, 4.69) is 23.3 Å². The minimum Gasteiger partial charge on any atom is -0.321 e. The number of benzene rings is 1. The molecule has 82 valence electrons. The monoisotopic (exact) mass is 213 g/mol. The van der Waals surface area contributed by atoms with Crippen LogP contribution in [0.25, 0.3) is 5.69 Å². The largest absolute Gasteiger partial charge is 0.321 e. The maximum Gasteiger partial charge on any atom is 0.0696 e. The van der Waals surface area contributed by atoms with Crippen molar-refractivity contribution in [3.8, 4) is 5.69 Å². The third-order valence-corrected chi connectivity index (χ3v) is 3.44. The van der Waals surface area contributed by atoms with Gasteiger partial charge in [0.05, 0.1) is 5.69 Å². The highest BCUT2D eigenvalue weighted by molar-refractivity contribution is 5.45. The summed E-state index contributed by atoms with van der Waals surface area (Å²) in [5.74, 6) is 0. The van der Waals surface area contributed by atoms with Crippen molar-refractivity contribution in [2.45, 2.75) is 24.8 Å². The summed E-state index contributed by atoms with van der Waals surface area (Å²) in [6.45, 7) is 0. The SMILES string of the molecule is NC1(c2ccccc2-n2cccn2)CCC1. The Hall–Kier alpha value is -1.61. The molecule has 2 aromatic rings. The molecule has 2 N–H and O–H groups in total. The third-order valence-electron chi connectivity index (χ3n) is 3.44. The molecule has 1 saturated carbocycles. The maximum absolute atomic E-state index is 6.39. The number of nitrogens with zero attached hydrogens (tertiary/aromatic N) is 2. The maximum atomic E-state index is 6.39. The lowest BCUT2D eigenvalue weighted by molar-refractivity contribution is 0.253. The van der Waals surface area contributed by atoms with E-state index < -0.39 is 0 Å². The van der Waals surface area contributed by atoms with Crippen molar-refractivity contribution in [3.63, 3.8) is 0 Å². The van der Waals surface area contributed by atoms with E-state index in [4.69, 9.17) is 5.73 Å². The Morgan fingerprint density at radius 3 is 2.62 bits per heavy atom. The van der Waals surface area contributed by atoms with E-state index in [0.717, 1.165) is 18.5 Å². The molecular formula is C13H15N3. The minimum absolute atomic E-state index is 0.136. The molecule has 3 rings (SSSR count). The molecule has 1 heterocycles. The van der Waals surface area contributed by atoms with Gasteiger partial charge in [0.1, 0.15) is 0 Å². The fraction of sp³-hybridized carbons (Fsp3) is 0.308. The van der Waals surface area contributed by atoms with Gasteiger partial charge in [-0.05, 0) is 37.0 Å². The first-order chi connectivity index (χ1) is 7.80. The molecule has 0 saturated heterocycles. The first-order valence-electron chi connectivity index (χ1n) is 5.68. The molecule has 0 unspecified atom stereocenters. The number of hydrogen-bond acceptors (Lipinski definition) is 2. The molecule has 1 fully saturated rings. The summed E-state index contributed by atoms with van der Waals surface area (Å²) in [5.41, 5.74) is 8.57. The Balaban J connectivity index is 2.12. The zero-order chi connectivity index (χ0) is 11.0. The Bertz CT molecular complexity index is 484. The van der Waals surface area contributed by atoms with Crippen LogP contribution in [0, 0.1) is 0 Å². The lowest BCUT2D eigenvalue weighted by atomic mass is 9.72. The molecule has 0 bridgehead atoms. The van der Waals surface area contributed by atoms with Crippen molar-refractivity contribution in [3.05, 3.63) is 48.3 Å². The molecule has 0 radical (unpaired) electrons. The second-order valence-corrected chi connectivity index (χ2v) is 4.48. The van der Waals surface area contributed by atoms with E-state index in [1.807, 2.05) is 23.0 Å². The topological polar surface area (TPSA) is 43.8 Å². The van der Waals surface area contributed by atoms with Gasteiger partial charge in [-0.1, -0.05) is 18.2 Å². The zero-order valence-electron chi connectivity index (χ0n) is 9.13. The Morgan fingerprint density at radius 2 is 2.00 bits per heavy atom. The average molecular weight is 213 g/mol. The molecule has 0 spiro atoms. The number of nitrogens with two attached hydrogens (primary N) is 1. The van der Waals surface area contributed by atoms with Gasteiger partial charge < -0.3 is 5.73 Å². The molecule has 16 heavy (non-hydrogen) atoms. The zero-order valence-corrected chi connectivity index (χ0v) is 9.13. The first-order valence-corrected chi connectivity index (χ1v) is 5.68. The summed E-state index contributed by atoms with van der Waals surface area (Å²) in [6.07, 6.45) is 7.13. The van der Waals surface area contributed by atoms with Crippen molar-refractivity contribution >= 4 is 0 Å². The van der Waals surface area contributed by atoms with Crippen LogP contribution < -0.4 is 5.73 Å². The van der Waals surface area contributed by atoms with Crippen LogP contribution in [-0.2, 0) is 5.54 Å². The van der Waals surface area contributed by atoms with Gasteiger partial charge in [0.15, 0.2) is 0 Å². The van der Waals surface area contributed by atoms with Crippen LogP contribution in [0.4, 0.5) is 0 Å². The molecule has 3 heteroatoms. The molecule has 1 aromatic heterocycles. The fourth-order valence-corrected chi connectivity index (χ4v) is 2.33. The van der Waals surface area contributed by atoms with Gasteiger partial charge in [0, 0.05) is 17.9 Å². The Morgan fingerprint density at radius 1 is 1.19 bits per heavy atom. The van der Waals surface area contributed by atoms with Crippen molar-refractivity contribution in [2.24, 2.45) is 5.73 Å². The average Bonchev–Trinajstić information content (AvgIpc) is 2.79. The second-order valence-electron chi connectivity index (χ2n) is 4.48.